The minimum absolute atomic E-state index is 0.281. The molecular weight excluding hydrogens is 257 g/mol. The minimum Gasteiger partial charge on any atom is -0.494 e. The van der Waals surface area contributed by atoms with Crippen LogP contribution in [0.1, 0.15) is 32.1 Å². The number of ether oxygens (including phenoxy) is 1. The Morgan fingerprint density at radius 1 is 1.00 bits per heavy atom. The average Bonchev–Trinajstić information content (AvgIpc) is 2.37. The molecule has 0 saturated carbocycles. The van der Waals surface area contributed by atoms with Crippen LogP contribution in [-0.2, 0) is 4.79 Å². The van der Waals surface area contributed by atoms with Gasteiger partial charge in [-0.2, -0.15) is 13.2 Å². The van der Waals surface area contributed by atoms with Crippen LogP contribution in [0.2, 0.25) is 0 Å². The number of benzene rings is 1. The molecule has 0 amide bonds. The lowest BCUT2D eigenvalue weighted by Crippen LogP contribution is -2.22. The van der Waals surface area contributed by atoms with Crippen LogP contribution in [0.3, 0.4) is 0 Å². The molecule has 0 fully saturated rings. The molecule has 0 N–H and O–H groups in total. The number of rotatable bonds is 8. The van der Waals surface area contributed by atoms with E-state index in [4.69, 9.17) is 4.74 Å². The second-order valence-electron chi connectivity index (χ2n) is 4.25. The number of alkyl halides is 3. The molecule has 0 spiro atoms. The summed E-state index contributed by atoms with van der Waals surface area (Å²) in [5.41, 5.74) is 0. The molecule has 0 aliphatic heterocycles. The van der Waals surface area contributed by atoms with Crippen LogP contribution in [0.5, 0.6) is 5.75 Å². The number of hydrogen-bond donors (Lipinski definition) is 0. The molecule has 5 heteroatoms. The molecule has 0 heterocycles. The van der Waals surface area contributed by atoms with Gasteiger partial charge in [-0.3, -0.25) is 4.79 Å². The second kappa shape index (κ2) is 7.81. The molecule has 19 heavy (non-hydrogen) atoms. The van der Waals surface area contributed by atoms with E-state index in [-0.39, 0.29) is 6.42 Å². The molecule has 0 atom stereocenters. The first-order valence-electron chi connectivity index (χ1n) is 6.28. The van der Waals surface area contributed by atoms with E-state index in [1.54, 1.807) is 0 Å². The van der Waals surface area contributed by atoms with Gasteiger partial charge in [0.15, 0.2) is 0 Å². The Hall–Kier alpha value is -1.52. The molecule has 0 aliphatic rings. The Morgan fingerprint density at radius 2 is 1.63 bits per heavy atom. The molecular formula is C14H17F3O2. The molecule has 1 rings (SSSR count). The SMILES string of the molecule is O=C(CCCCCCOc1ccccc1)C(F)(F)F. The zero-order valence-electron chi connectivity index (χ0n) is 10.6. The van der Waals surface area contributed by atoms with Crippen LogP contribution in [0.4, 0.5) is 13.2 Å². The lowest BCUT2D eigenvalue weighted by Gasteiger charge is -2.06. The van der Waals surface area contributed by atoms with E-state index in [1.165, 1.54) is 0 Å². The third-order valence-corrected chi connectivity index (χ3v) is 2.63. The number of para-hydroxylation sites is 1. The van der Waals surface area contributed by atoms with E-state index in [1.807, 2.05) is 30.3 Å². The largest absolute Gasteiger partial charge is 0.494 e. The van der Waals surface area contributed by atoms with Gasteiger partial charge >= 0.3 is 6.18 Å². The summed E-state index contributed by atoms with van der Waals surface area (Å²) in [4.78, 5) is 10.6. The van der Waals surface area contributed by atoms with Gasteiger partial charge < -0.3 is 4.74 Å². The fraction of sp³-hybridized carbons (Fsp3) is 0.500. The van der Waals surface area contributed by atoms with Crippen molar-refractivity contribution in [3.8, 4) is 5.75 Å². The van der Waals surface area contributed by atoms with E-state index in [2.05, 4.69) is 0 Å². The molecule has 0 aliphatic carbocycles. The maximum atomic E-state index is 11.9. The molecule has 0 saturated heterocycles. The van der Waals surface area contributed by atoms with Crippen molar-refractivity contribution in [2.75, 3.05) is 6.61 Å². The molecule has 2 nitrogen and oxygen atoms in total. The first-order valence-corrected chi connectivity index (χ1v) is 6.28. The Labute approximate surface area is 110 Å². The number of ketones is 1. The normalized spacial score (nSPS) is 11.3. The number of carbonyl (C=O) groups is 1. The van der Waals surface area contributed by atoms with Gasteiger partial charge in [-0.25, -0.2) is 0 Å². The number of carbonyl (C=O) groups excluding carboxylic acids is 1. The van der Waals surface area contributed by atoms with Crippen LogP contribution in [0.25, 0.3) is 0 Å². The van der Waals surface area contributed by atoms with Crippen LogP contribution in [0, 0.1) is 0 Å². The predicted molar refractivity (Wildman–Crippen MR) is 66.1 cm³/mol. The van der Waals surface area contributed by atoms with Gasteiger partial charge in [-0.05, 0) is 25.0 Å². The van der Waals surface area contributed by atoms with Crippen molar-refractivity contribution in [1.29, 1.82) is 0 Å². The minimum atomic E-state index is -4.68. The molecule has 1 aromatic carbocycles. The lowest BCUT2D eigenvalue weighted by molar-refractivity contribution is -0.171. The zero-order valence-corrected chi connectivity index (χ0v) is 10.6. The highest BCUT2D eigenvalue weighted by Gasteiger charge is 2.36. The van der Waals surface area contributed by atoms with Crippen molar-refractivity contribution in [3.63, 3.8) is 0 Å². The first kappa shape index (κ1) is 15.5. The summed E-state index contributed by atoms with van der Waals surface area (Å²) in [6, 6.07) is 9.34. The Morgan fingerprint density at radius 3 is 2.26 bits per heavy atom. The van der Waals surface area contributed by atoms with Crippen LogP contribution in [0.15, 0.2) is 30.3 Å². The zero-order chi connectivity index (χ0) is 14.1. The average molecular weight is 274 g/mol. The molecule has 106 valence electrons. The summed E-state index contributed by atoms with van der Waals surface area (Å²) in [6.07, 6.45) is -2.67. The number of unbranched alkanes of at least 4 members (excludes halogenated alkanes) is 3. The van der Waals surface area contributed by atoms with Gasteiger partial charge in [-0.1, -0.05) is 31.0 Å². The summed E-state index contributed by atoms with van der Waals surface area (Å²) in [6.45, 7) is 0.539. The quantitative estimate of drug-likeness (QED) is 0.666. The van der Waals surface area contributed by atoms with E-state index >= 15 is 0 Å². The summed E-state index contributed by atoms with van der Waals surface area (Å²) in [5, 5.41) is 0. The summed E-state index contributed by atoms with van der Waals surface area (Å²) >= 11 is 0. The summed E-state index contributed by atoms with van der Waals surface area (Å²) in [7, 11) is 0. The molecule has 0 unspecified atom stereocenters. The molecule has 0 radical (unpaired) electrons. The van der Waals surface area contributed by atoms with Crippen molar-refractivity contribution >= 4 is 5.78 Å². The standard InChI is InChI=1S/C14H17F3O2/c15-14(16,17)13(18)10-6-1-2-7-11-19-12-8-4-3-5-9-12/h3-5,8-9H,1-2,6-7,10-11H2. The number of halogens is 3. The van der Waals surface area contributed by atoms with Crippen LogP contribution < -0.4 is 4.74 Å². The maximum Gasteiger partial charge on any atom is 0.449 e. The third kappa shape index (κ3) is 6.84. The Kier molecular flexibility index (Phi) is 6.39. The van der Waals surface area contributed by atoms with E-state index in [0.717, 1.165) is 18.6 Å². The fourth-order valence-corrected chi connectivity index (χ4v) is 1.59. The van der Waals surface area contributed by atoms with Crippen LogP contribution in [-0.4, -0.2) is 18.6 Å². The van der Waals surface area contributed by atoms with E-state index < -0.39 is 18.4 Å². The Bertz CT molecular complexity index is 374. The van der Waals surface area contributed by atoms with Crippen LogP contribution >= 0.6 is 0 Å². The highest BCUT2D eigenvalue weighted by molar-refractivity contribution is 5.83. The van der Waals surface area contributed by atoms with Gasteiger partial charge in [0.1, 0.15) is 5.75 Å². The second-order valence-corrected chi connectivity index (χ2v) is 4.25. The van der Waals surface area contributed by atoms with Crippen molar-refractivity contribution < 1.29 is 22.7 Å². The van der Waals surface area contributed by atoms with Gasteiger partial charge in [0.05, 0.1) is 6.61 Å². The Balaban J connectivity index is 1.99. The topological polar surface area (TPSA) is 26.3 Å². The van der Waals surface area contributed by atoms with Crippen molar-refractivity contribution in [3.05, 3.63) is 30.3 Å². The van der Waals surface area contributed by atoms with Gasteiger partial charge in [0.2, 0.25) is 5.78 Å². The van der Waals surface area contributed by atoms with Gasteiger partial charge in [0.25, 0.3) is 0 Å². The molecule has 1 aromatic rings. The molecule has 0 aromatic heterocycles. The summed E-state index contributed by atoms with van der Waals surface area (Å²) in [5.74, 6) is -0.845. The van der Waals surface area contributed by atoms with Crippen molar-refractivity contribution in [1.82, 2.24) is 0 Å². The maximum absolute atomic E-state index is 11.9. The monoisotopic (exact) mass is 274 g/mol. The van der Waals surface area contributed by atoms with Gasteiger partial charge in [0, 0.05) is 6.42 Å². The highest BCUT2D eigenvalue weighted by Crippen LogP contribution is 2.19. The van der Waals surface area contributed by atoms with E-state index in [9.17, 15) is 18.0 Å². The molecule has 0 bridgehead atoms. The predicted octanol–water partition coefficient (Wildman–Crippen LogP) is 4.15. The lowest BCUT2D eigenvalue weighted by atomic mass is 10.1. The van der Waals surface area contributed by atoms with E-state index in [0.29, 0.717) is 13.0 Å². The van der Waals surface area contributed by atoms with Crippen molar-refractivity contribution in [2.24, 2.45) is 0 Å². The fourth-order valence-electron chi connectivity index (χ4n) is 1.59. The van der Waals surface area contributed by atoms with Crippen molar-refractivity contribution in [2.45, 2.75) is 38.3 Å². The number of hydrogen-bond acceptors (Lipinski definition) is 2. The first-order chi connectivity index (χ1) is 9.00. The smallest absolute Gasteiger partial charge is 0.449 e. The third-order valence-electron chi connectivity index (χ3n) is 2.63. The summed E-state index contributed by atoms with van der Waals surface area (Å²) < 4.78 is 41.1. The van der Waals surface area contributed by atoms with Gasteiger partial charge in [-0.15, -0.1) is 0 Å². The number of Topliss-reactive ketones (excluding diaryl/α,β-unsaturated/α-hetero) is 1. The highest BCUT2D eigenvalue weighted by atomic mass is 19.4.